The highest BCUT2D eigenvalue weighted by atomic mass is 16.5. The van der Waals surface area contributed by atoms with Gasteiger partial charge in [0.05, 0.1) is 6.42 Å². The number of rotatable bonds is 10. The van der Waals surface area contributed by atoms with Crippen LogP contribution in [0.4, 0.5) is 5.82 Å². The zero-order valence-corrected chi connectivity index (χ0v) is 21.9. The van der Waals surface area contributed by atoms with Gasteiger partial charge in [-0.1, -0.05) is 39.0 Å². The largest absolute Gasteiger partial charge is 0.508 e. The quantitative estimate of drug-likeness (QED) is 0.420. The highest BCUT2D eigenvalue weighted by Gasteiger charge is 2.31. The zero-order valence-electron chi connectivity index (χ0n) is 21.9. The van der Waals surface area contributed by atoms with E-state index in [1.54, 1.807) is 35.4 Å². The molecule has 200 valence electrons. The Balaban J connectivity index is 1.56. The molecule has 1 atom stereocenters. The maximum absolute atomic E-state index is 13.4. The Morgan fingerprint density at radius 3 is 2.43 bits per heavy atom. The Morgan fingerprint density at radius 1 is 1.11 bits per heavy atom. The number of amides is 2. The summed E-state index contributed by atoms with van der Waals surface area (Å²) in [5, 5.41) is 15.6. The molecule has 0 unspecified atom stereocenters. The summed E-state index contributed by atoms with van der Waals surface area (Å²) in [4.78, 5) is 44.3. The second-order valence-corrected chi connectivity index (χ2v) is 10.6. The van der Waals surface area contributed by atoms with Crippen LogP contribution in [0.1, 0.15) is 52.0 Å². The molecule has 2 amide bonds. The third kappa shape index (κ3) is 9.74. The molecule has 2 heterocycles. The minimum atomic E-state index is -0.744. The first-order chi connectivity index (χ1) is 17.6. The molecule has 1 saturated heterocycles. The summed E-state index contributed by atoms with van der Waals surface area (Å²) in [6.45, 7) is 7.27. The summed E-state index contributed by atoms with van der Waals surface area (Å²) in [5.41, 5.74) is 0.689. The van der Waals surface area contributed by atoms with Crippen LogP contribution in [0.25, 0.3) is 0 Å². The average molecular weight is 511 g/mol. The molecule has 37 heavy (non-hydrogen) atoms. The Morgan fingerprint density at radius 2 is 1.81 bits per heavy atom. The van der Waals surface area contributed by atoms with Gasteiger partial charge in [0.1, 0.15) is 23.7 Å². The Labute approximate surface area is 218 Å². The highest BCUT2D eigenvalue weighted by molar-refractivity contribution is 5.88. The number of piperidine rings is 1. The fourth-order valence-electron chi connectivity index (χ4n) is 4.18. The number of phenols is 1. The van der Waals surface area contributed by atoms with E-state index in [0.29, 0.717) is 51.1 Å². The predicted molar refractivity (Wildman–Crippen MR) is 141 cm³/mol. The molecular weight excluding hydrogens is 472 g/mol. The molecule has 0 spiro atoms. The van der Waals surface area contributed by atoms with Crippen molar-refractivity contribution < 1.29 is 24.2 Å². The first-order valence-corrected chi connectivity index (χ1v) is 12.8. The number of carbonyl (C=O) groups is 3. The molecule has 0 bridgehead atoms. The highest BCUT2D eigenvalue weighted by Crippen LogP contribution is 2.22. The van der Waals surface area contributed by atoms with Crippen LogP contribution in [0.2, 0.25) is 0 Å². The smallest absolute Gasteiger partial charge is 0.306 e. The molecule has 3 N–H and O–H groups in total. The van der Waals surface area contributed by atoms with Crippen LogP contribution < -0.4 is 10.6 Å². The number of phenolic OH excluding ortho intramolecular Hbond substituents is 1. The lowest BCUT2D eigenvalue weighted by Crippen LogP contribution is -2.52. The number of hydrogen-bond donors (Lipinski definition) is 3. The fraction of sp³-hybridized carbons (Fsp3) is 0.500. The molecule has 1 aromatic carbocycles. The molecule has 1 aliphatic heterocycles. The maximum Gasteiger partial charge on any atom is 0.306 e. The van der Waals surface area contributed by atoms with E-state index < -0.39 is 6.04 Å². The summed E-state index contributed by atoms with van der Waals surface area (Å²) in [6.07, 6.45) is 3.43. The minimum Gasteiger partial charge on any atom is -0.508 e. The normalized spacial score (nSPS) is 15.1. The lowest BCUT2D eigenvalue weighted by molar-refractivity contribution is -0.154. The van der Waals surface area contributed by atoms with Crippen molar-refractivity contribution in [2.24, 2.45) is 5.41 Å². The van der Waals surface area contributed by atoms with Crippen molar-refractivity contribution in [3.8, 4) is 5.75 Å². The Bertz CT molecular complexity index is 1030. The van der Waals surface area contributed by atoms with Crippen molar-refractivity contribution in [3.63, 3.8) is 0 Å². The van der Waals surface area contributed by atoms with E-state index in [0.717, 1.165) is 5.56 Å². The standard InChI is InChI=1S/C28H38N4O5/c1-28(2,3)19-26(35)37-22-12-16-32(17-13-22)27(36)23(18-20-7-9-21(33)10-8-20)31-25(34)11-15-30-24-6-4-5-14-29-24/h4-10,14,22-23,33H,11-13,15-19H2,1-3H3,(H,29,30)(H,31,34)/t23-/m0/s1. The van der Waals surface area contributed by atoms with Gasteiger partial charge in [0, 0.05) is 51.5 Å². The second kappa shape index (κ2) is 13.1. The first kappa shape index (κ1) is 28.0. The number of pyridine rings is 1. The van der Waals surface area contributed by atoms with Crippen molar-refractivity contribution in [1.82, 2.24) is 15.2 Å². The van der Waals surface area contributed by atoms with Gasteiger partial charge in [-0.2, -0.15) is 0 Å². The predicted octanol–water partition coefficient (Wildman–Crippen LogP) is 3.29. The van der Waals surface area contributed by atoms with Crippen LogP contribution in [0, 0.1) is 5.41 Å². The summed E-state index contributed by atoms with van der Waals surface area (Å²) in [7, 11) is 0. The number of anilines is 1. The van der Waals surface area contributed by atoms with Gasteiger partial charge in [-0.25, -0.2) is 4.98 Å². The second-order valence-electron chi connectivity index (χ2n) is 10.6. The van der Waals surface area contributed by atoms with Crippen LogP contribution in [0.3, 0.4) is 0 Å². The van der Waals surface area contributed by atoms with E-state index in [-0.39, 0.29) is 41.5 Å². The van der Waals surface area contributed by atoms with Gasteiger partial charge in [0.15, 0.2) is 0 Å². The van der Waals surface area contributed by atoms with Crippen LogP contribution in [-0.4, -0.2) is 64.6 Å². The molecular formula is C28H38N4O5. The summed E-state index contributed by atoms with van der Waals surface area (Å²) < 4.78 is 5.63. The lowest BCUT2D eigenvalue weighted by atomic mass is 9.92. The van der Waals surface area contributed by atoms with Gasteiger partial charge in [0.25, 0.3) is 0 Å². The van der Waals surface area contributed by atoms with Crippen molar-refractivity contribution in [3.05, 3.63) is 54.2 Å². The van der Waals surface area contributed by atoms with E-state index in [9.17, 15) is 19.5 Å². The van der Waals surface area contributed by atoms with E-state index in [4.69, 9.17) is 4.74 Å². The molecule has 0 aliphatic carbocycles. The Kier molecular flexibility index (Phi) is 9.88. The number of aromatic hydroxyl groups is 1. The zero-order chi connectivity index (χ0) is 26.8. The third-order valence-corrected chi connectivity index (χ3v) is 6.06. The van der Waals surface area contributed by atoms with Crippen LogP contribution in [0.15, 0.2) is 48.7 Å². The molecule has 9 heteroatoms. The SMILES string of the molecule is CC(C)(C)CC(=O)OC1CCN(C(=O)[C@H](Cc2ccc(O)cc2)NC(=O)CCNc2ccccn2)CC1. The molecule has 0 saturated carbocycles. The van der Waals surface area contributed by atoms with E-state index in [1.165, 1.54) is 0 Å². The molecule has 1 aliphatic rings. The number of hydrogen-bond acceptors (Lipinski definition) is 7. The molecule has 1 fully saturated rings. The van der Waals surface area contributed by atoms with Crippen molar-refractivity contribution in [1.29, 1.82) is 0 Å². The molecule has 0 radical (unpaired) electrons. The number of nitrogens with zero attached hydrogens (tertiary/aromatic N) is 2. The monoisotopic (exact) mass is 510 g/mol. The van der Waals surface area contributed by atoms with Crippen LogP contribution in [0.5, 0.6) is 5.75 Å². The fourth-order valence-corrected chi connectivity index (χ4v) is 4.18. The van der Waals surface area contributed by atoms with Crippen molar-refractivity contribution in [2.75, 3.05) is 25.0 Å². The van der Waals surface area contributed by atoms with Gasteiger partial charge in [-0.05, 0) is 35.2 Å². The summed E-state index contributed by atoms with van der Waals surface area (Å²) >= 11 is 0. The molecule has 2 aromatic rings. The van der Waals surface area contributed by atoms with Gasteiger partial charge in [-0.15, -0.1) is 0 Å². The van der Waals surface area contributed by atoms with Gasteiger partial charge in [0.2, 0.25) is 11.8 Å². The maximum atomic E-state index is 13.4. The van der Waals surface area contributed by atoms with E-state index >= 15 is 0 Å². The van der Waals surface area contributed by atoms with Gasteiger partial charge < -0.3 is 25.4 Å². The van der Waals surface area contributed by atoms with E-state index in [1.807, 2.05) is 39.0 Å². The van der Waals surface area contributed by atoms with Crippen molar-refractivity contribution >= 4 is 23.6 Å². The van der Waals surface area contributed by atoms with Gasteiger partial charge in [-0.3, -0.25) is 14.4 Å². The number of carbonyl (C=O) groups excluding carboxylic acids is 3. The number of nitrogens with one attached hydrogen (secondary N) is 2. The summed E-state index contributed by atoms with van der Waals surface area (Å²) in [5.74, 6) is 0.191. The topological polar surface area (TPSA) is 121 Å². The number of esters is 1. The first-order valence-electron chi connectivity index (χ1n) is 12.8. The number of benzene rings is 1. The third-order valence-electron chi connectivity index (χ3n) is 6.06. The van der Waals surface area contributed by atoms with Crippen LogP contribution in [-0.2, 0) is 25.5 Å². The average Bonchev–Trinajstić information content (AvgIpc) is 2.84. The van der Waals surface area contributed by atoms with Gasteiger partial charge >= 0.3 is 5.97 Å². The number of aromatic nitrogens is 1. The van der Waals surface area contributed by atoms with E-state index in [2.05, 4.69) is 15.6 Å². The summed E-state index contributed by atoms with van der Waals surface area (Å²) in [6, 6.07) is 11.4. The molecule has 9 nitrogen and oxygen atoms in total. The Hall–Kier alpha value is -3.62. The van der Waals surface area contributed by atoms with Crippen molar-refractivity contribution in [2.45, 2.75) is 65.0 Å². The molecule has 3 rings (SSSR count). The number of likely N-dealkylation sites (tertiary alicyclic amines) is 1. The lowest BCUT2D eigenvalue weighted by Gasteiger charge is -2.34. The minimum absolute atomic E-state index is 0.138. The van der Waals surface area contributed by atoms with Crippen LogP contribution >= 0.6 is 0 Å². The molecule has 1 aromatic heterocycles. The number of ether oxygens (including phenoxy) is 1.